The molecule has 2 aromatic carbocycles. The fourth-order valence-electron chi connectivity index (χ4n) is 4.06. The lowest BCUT2D eigenvalue weighted by Gasteiger charge is -2.26. The van der Waals surface area contributed by atoms with Gasteiger partial charge < -0.3 is 16.2 Å². The van der Waals surface area contributed by atoms with Crippen LogP contribution in [0.3, 0.4) is 0 Å². The van der Waals surface area contributed by atoms with E-state index in [0.717, 1.165) is 61.3 Å². The van der Waals surface area contributed by atoms with Gasteiger partial charge in [0.15, 0.2) is 0 Å². The summed E-state index contributed by atoms with van der Waals surface area (Å²) in [4.78, 5) is 0. The number of unbranched alkanes of at least 4 members (excludes halogenated alkanes) is 2. The molecule has 27 heavy (non-hydrogen) atoms. The summed E-state index contributed by atoms with van der Waals surface area (Å²) in [7, 11) is 0. The van der Waals surface area contributed by atoms with Crippen LogP contribution in [0.25, 0.3) is 0 Å². The van der Waals surface area contributed by atoms with Gasteiger partial charge in [-0.3, -0.25) is 0 Å². The van der Waals surface area contributed by atoms with Gasteiger partial charge in [-0.05, 0) is 85.8 Å². The second kappa shape index (κ2) is 9.68. The van der Waals surface area contributed by atoms with Gasteiger partial charge in [0.1, 0.15) is 5.75 Å². The molecule has 1 aliphatic rings. The summed E-state index contributed by atoms with van der Waals surface area (Å²) in [6.07, 6.45) is 9.73. The summed E-state index contributed by atoms with van der Waals surface area (Å²) in [6, 6.07) is 14.6. The molecule has 0 unspecified atom stereocenters. The van der Waals surface area contributed by atoms with Crippen molar-refractivity contribution in [2.75, 3.05) is 18.1 Å². The highest BCUT2D eigenvalue weighted by Crippen LogP contribution is 2.35. The van der Waals surface area contributed by atoms with E-state index in [0.29, 0.717) is 0 Å². The van der Waals surface area contributed by atoms with Crippen LogP contribution in [0.4, 0.5) is 11.4 Å². The van der Waals surface area contributed by atoms with E-state index in [-0.39, 0.29) is 0 Å². The van der Waals surface area contributed by atoms with Crippen LogP contribution in [0, 0.1) is 5.92 Å². The quantitative estimate of drug-likeness (QED) is 0.449. The number of rotatable bonds is 8. The molecule has 0 bridgehead atoms. The average molecular weight is 367 g/mol. The predicted molar refractivity (Wildman–Crippen MR) is 115 cm³/mol. The lowest BCUT2D eigenvalue weighted by molar-refractivity contribution is 0.305. The number of nitrogen functional groups attached to an aromatic ring is 2. The molecule has 0 amide bonds. The average Bonchev–Trinajstić information content (AvgIpc) is 2.67. The molecule has 0 spiro atoms. The van der Waals surface area contributed by atoms with Crippen LogP contribution < -0.4 is 16.2 Å². The standard InChI is InChI=1S/C24H34N2O/c1-18-6-8-19(9-7-18)20-11-14-23(15-12-20)27-16-4-2-3-5-21-10-13-22(25)17-24(21)26/h10-15,17-19H,2-9,16,25-26H2,1H3. The van der Waals surface area contributed by atoms with E-state index in [4.69, 9.17) is 16.2 Å². The third-order valence-corrected chi connectivity index (χ3v) is 5.90. The van der Waals surface area contributed by atoms with Crippen molar-refractivity contribution in [2.45, 2.75) is 64.2 Å². The molecular weight excluding hydrogens is 332 g/mol. The minimum absolute atomic E-state index is 0.730. The Balaban J connectivity index is 1.33. The number of hydrogen-bond donors (Lipinski definition) is 2. The van der Waals surface area contributed by atoms with Gasteiger partial charge in [0.25, 0.3) is 0 Å². The number of aryl methyl sites for hydroxylation is 1. The summed E-state index contributed by atoms with van der Waals surface area (Å²) in [5, 5.41) is 0. The SMILES string of the molecule is CC1CCC(c2ccc(OCCCCCc3ccc(N)cc3N)cc2)CC1. The zero-order valence-corrected chi connectivity index (χ0v) is 16.6. The lowest BCUT2D eigenvalue weighted by Crippen LogP contribution is -2.10. The number of hydrogen-bond acceptors (Lipinski definition) is 3. The van der Waals surface area contributed by atoms with Crippen molar-refractivity contribution >= 4 is 11.4 Å². The van der Waals surface area contributed by atoms with Crippen LogP contribution in [0.5, 0.6) is 5.75 Å². The van der Waals surface area contributed by atoms with Crippen molar-refractivity contribution in [1.29, 1.82) is 0 Å². The monoisotopic (exact) mass is 366 g/mol. The highest BCUT2D eigenvalue weighted by atomic mass is 16.5. The van der Waals surface area contributed by atoms with Crippen molar-refractivity contribution < 1.29 is 4.74 Å². The van der Waals surface area contributed by atoms with Crippen molar-refractivity contribution in [1.82, 2.24) is 0 Å². The van der Waals surface area contributed by atoms with Crippen LogP contribution in [-0.2, 0) is 6.42 Å². The van der Waals surface area contributed by atoms with Gasteiger partial charge in [0.05, 0.1) is 6.61 Å². The zero-order chi connectivity index (χ0) is 19.1. The molecule has 0 atom stereocenters. The molecule has 0 heterocycles. The van der Waals surface area contributed by atoms with Gasteiger partial charge in [-0.25, -0.2) is 0 Å². The van der Waals surface area contributed by atoms with Gasteiger partial charge in [-0.1, -0.05) is 38.0 Å². The van der Waals surface area contributed by atoms with E-state index in [1.165, 1.54) is 36.8 Å². The van der Waals surface area contributed by atoms with Crippen LogP contribution in [-0.4, -0.2) is 6.61 Å². The van der Waals surface area contributed by atoms with E-state index < -0.39 is 0 Å². The fraction of sp³-hybridized carbons (Fsp3) is 0.500. The largest absolute Gasteiger partial charge is 0.494 e. The van der Waals surface area contributed by atoms with E-state index in [9.17, 15) is 0 Å². The molecule has 0 aromatic heterocycles. The first-order valence-electron chi connectivity index (χ1n) is 10.5. The minimum Gasteiger partial charge on any atom is -0.494 e. The summed E-state index contributed by atoms with van der Waals surface area (Å²) >= 11 is 0. The molecule has 2 aromatic rings. The first kappa shape index (κ1) is 19.6. The Morgan fingerprint density at radius 2 is 1.63 bits per heavy atom. The molecule has 4 N–H and O–H groups in total. The molecule has 146 valence electrons. The van der Waals surface area contributed by atoms with E-state index in [1.807, 2.05) is 18.2 Å². The first-order valence-corrected chi connectivity index (χ1v) is 10.5. The van der Waals surface area contributed by atoms with Gasteiger partial charge in [-0.15, -0.1) is 0 Å². The molecule has 3 rings (SSSR count). The third kappa shape index (κ3) is 5.92. The van der Waals surface area contributed by atoms with Gasteiger partial charge >= 0.3 is 0 Å². The van der Waals surface area contributed by atoms with E-state index in [2.05, 4.69) is 31.2 Å². The highest BCUT2D eigenvalue weighted by Gasteiger charge is 2.19. The van der Waals surface area contributed by atoms with Gasteiger partial charge in [0.2, 0.25) is 0 Å². The highest BCUT2D eigenvalue weighted by molar-refractivity contribution is 5.56. The first-order chi connectivity index (χ1) is 13.1. The predicted octanol–water partition coefficient (Wildman–Crippen LogP) is 5.94. The Morgan fingerprint density at radius 1 is 0.889 bits per heavy atom. The normalized spacial score (nSPS) is 19.7. The summed E-state index contributed by atoms with van der Waals surface area (Å²) in [6.45, 7) is 3.15. The zero-order valence-electron chi connectivity index (χ0n) is 16.6. The molecule has 0 radical (unpaired) electrons. The van der Waals surface area contributed by atoms with Gasteiger partial charge in [0, 0.05) is 11.4 Å². The summed E-state index contributed by atoms with van der Waals surface area (Å²) in [5.41, 5.74) is 16.0. The van der Waals surface area contributed by atoms with Crippen LogP contribution in [0.2, 0.25) is 0 Å². The second-order valence-electron chi connectivity index (χ2n) is 8.14. The molecule has 0 saturated heterocycles. The lowest BCUT2D eigenvalue weighted by atomic mass is 9.79. The van der Waals surface area contributed by atoms with Crippen LogP contribution in [0.15, 0.2) is 42.5 Å². The van der Waals surface area contributed by atoms with Gasteiger partial charge in [-0.2, -0.15) is 0 Å². The number of ether oxygens (including phenoxy) is 1. The Bertz CT molecular complexity index is 703. The molecule has 1 aliphatic carbocycles. The fourth-order valence-corrected chi connectivity index (χ4v) is 4.06. The second-order valence-corrected chi connectivity index (χ2v) is 8.14. The molecule has 3 heteroatoms. The van der Waals surface area contributed by atoms with Crippen molar-refractivity contribution in [3.8, 4) is 5.75 Å². The minimum atomic E-state index is 0.730. The molecule has 3 nitrogen and oxygen atoms in total. The van der Waals surface area contributed by atoms with Crippen molar-refractivity contribution in [3.05, 3.63) is 53.6 Å². The Labute approximate surface area is 164 Å². The summed E-state index contributed by atoms with van der Waals surface area (Å²) in [5.74, 6) is 2.64. The maximum absolute atomic E-state index is 6.01. The van der Waals surface area contributed by atoms with Crippen molar-refractivity contribution in [3.63, 3.8) is 0 Å². The Morgan fingerprint density at radius 3 is 2.33 bits per heavy atom. The summed E-state index contributed by atoms with van der Waals surface area (Å²) < 4.78 is 5.92. The Hall–Kier alpha value is -2.16. The number of benzene rings is 2. The topological polar surface area (TPSA) is 61.3 Å². The molecule has 1 fully saturated rings. The third-order valence-electron chi connectivity index (χ3n) is 5.90. The Kier molecular flexibility index (Phi) is 7.03. The van der Waals surface area contributed by atoms with E-state index in [1.54, 1.807) is 0 Å². The van der Waals surface area contributed by atoms with Crippen molar-refractivity contribution in [2.24, 2.45) is 5.92 Å². The number of anilines is 2. The smallest absolute Gasteiger partial charge is 0.119 e. The van der Waals surface area contributed by atoms with Crippen LogP contribution in [0.1, 0.15) is 68.9 Å². The van der Waals surface area contributed by atoms with Crippen LogP contribution >= 0.6 is 0 Å². The maximum Gasteiger partial charge on any atom is 0.119 e. The molecule has 1 saturated carbocycles. The molecule has 0 aliphatic heterocycles. The number of nitrogens with two attached hydrogens (primary N) is 2. The molecular formula is C24H34N2O. The van der Waals surface area contributed by atoms with E-state index >= 15 is 0 Å². The maximum atomic E-state index is 6.01.